The molecule has 1 N–H and O–H groups in total. The second-order valence-corrected chi connectivity index (χ2v) is 4.21. The van der Waals surface area contributed by atoms with Crippen molar-refractivity contribution in [2.75, 3.05) is 6.61 Å². The fourth-order valence-corrected chi connectivity index (χ4v) is 1.87. The average Bonchev–Trinajstić information content (AvgIpc) is 2.75. The Bertz CT molecular complexity index is 508. The monoisotopic (exact) mass is 246 g/mol. The van der Waals surface area contributed by atoms with E-state index < -0.39 is 6.10 Å². The first-order chi connectivity index (χ1) is 8.69. The number of aliphatic hydroxyl groups is 1. The Morgan fingerprint density at radius 2 is 2.22 bits per heavy atom. The Balaban J connectivity index is 2.08. The normalized spacial score (nSPS) is 12.4. The molecule has 0 aliphatic heterocycles. The third kappa shape index (κ3) is 3.11. The highest BCUT2D eigenvalue weighted by Gasteiger charge is 2.11. The maximum atomic E-state index is 10.2. The van der Waals surface area contributed by atoms with Crippen LogP contribution in [0.1, 0.15) is 24.3 Å². The van der Waals surface area contributed by atoms with E-state index in [0.29, 0.717) is 13.0 Å². The van der Waals surface area contributed by atoms with Gasteiger partial charge in [0.1, 0.15) is 5.75 Å². The van der Waals surface area contributed by atoms with Crippen LogP contribution >= 0.6 is 0 Å². The van der Waals surface area contributed by atoms with Crippen LogP contribution in [-0.4, -0.2) is 21.5 Å². The van der Waals surface area contributed by atoms with Crippen molar-refractivity contribution in [3.63, 3.8) is 0 Å². The van der Waals surface area contributed by atoms with Crippen LogP contribution in [0.4, 0.5) is 0 Å². The molecule has 0 aliphatic carbocycles. The first kappa shape index (κ1) is 12.6. The number of ether oxygens (including phenoxy) is 1. The summed E-state index contributed by atoms with van der Waals surface area (Å²) in [6, 6.07) is 9.46. The van der Waals surface area contributed by atoms with Crippen LogP contribution in [0.3, 0.4) is 0 Å². The maximum absolute atomic E-state index is 10.2. The van der Waals surface area contributed by atoms with Gasteiger partial charge in [0.05, 0.1) is 18.4 Å². The average molecular weight is 246 g/mol. The summed E-state index contributed by atoms with van der Waals surface area (Å²) in [4.78, 5) is 0. The van der Waals surface area contributed by atoms with Crippen LogP contribution in [-0.2, 0) is 13.5 Å². The summed E-state index contributed by atoms with van der Waals surface area (Å²) in [5.74, 6) is 0.787. The van der Waals surface area contributed by atoms with Crippen LogP contribution in [0.25, 0.3) is 0 Å². The molecule has 1 heterocycles. The Kier molecular flexibility index (Phi) is 3.99. The third-order valence-electron chi connectivity index (χ3n) is 2.73. The first-order valence-electron chi connectivity index (χ1n) is 6.08. The summed E-state index contributed by atoms with van der Waals surface area (Å²) in [7, 11) is 1.87. The molecule has 0 spiro atoms. The molecule has 4 heteroatoms. The number of aliphatic hydroxyl groups excluding tert-OH is 1. The highest BCUT2D eigenvalue weighted by Crippen LogP contribution is 2.21. The number of nitrogens with zero attached hydrogens (tertiary/aromatic N) is 2. The van der Waals surface area contributed by atoms with Gasteiger partial charge < -0.3 is 9.84 Å². The highest BCUT2D eigenvalue weighted by atomic mass is 16.5. The van der Waals surface area contributed by atoms with Gasteiger partial charge in [-0.1, -0.05) is 12.1 Å². The van der Waals surface area contributed by atoms with Gasteiger partial charge in [0, 0.05) is 19.7 Å². The maximum Gasteiger partial charge on any atom is 0.119 e. The van der Waals surface area contributed by atoms with E-state index in [-0.39, 0.29) is 0 Å². The molecule has 0 fully saturated rings. The molecule has 0 amide bonds. The first-order valence-corrected chi connectivity index (χ1v) is 6.08. The minimum Gasteiger partial charge on any atom is -0.494 e. The van der Waals surface area contributed by atoms with Gasteiger partial charge in [-0.05, 0) is 30.7 Å². The van der Waals surface area contributed by atoms with Crippen LogP contribution in [0.15, 0.2) is 36.5 Å². The third-order valence-corrected chi connectivity index (χ3v) is 2.73. The molecule has 2 aromatic rings. The summed E-state index contributed by atoms with van der Waals surface area (Å²) >= 11 is 0. The van der Waals surface area contributed by atoms with Crippen molar-refractivity contribution in [2.45, 2.75) is 19.4 Å². The van der Waals surface area contributed by atoms with Gasteiger partial charge in [0.15, 0.2) is 0 Å². The van der Waals surface area contributed by atoms with E-state index >= 15 is 0 Å². The van der Waals surface area contributed by atoms with Crippen molar-refractivity contribution in [3.05, 3.63) is 47.8 Å². The molecule has 0 aliphatic rings. The summed E-state index contributed by atoms with van der Waals surface area (Å²) in [6.07, 6.45) is 1.83. The van der Waals surface area contributed by atoms with Crippen LogP contribution in [0.2, 0.25) is 0 Å². The summed E-state index contributed by atoms with van der Waals surface area (Å²) in [5.41, 5.74) is 1.73. The van der Waals surface area contributed by atoms with Crippen molar-refractivity contribution in [1.82, 2.24) is 9.78 Å². The van der Waals surface area contributed by atoms with E-state index in [1.165, 1.54) is 0 Å². The number of benzene rings is 1. The number of hydrogen-bond donors (Lipinski definition) is 1. The topological polar surface area (TPSA) is 47.3 Å². The van der Waals surface area contributed by atoms with Crippen LogP contribution in [0, 0.1) is 0 Å². The fraction of sp³-hybridized carbons (Fsp3) is 0.357. The van der Waals surface area contributed by atoms with E-state index in [0.717, 1.165) is 17.0 Å². The molecule has 2 rings (SSSR count). The lowest BCUT2D eigenvalue weighted by Crippen LogP contribution is -2.03. The van der Waals surface area contributed by atoms with Crippen molar-refractivity contribution >= 4 is 0 Å². The van der Waals surface area contributed by atoms with Crippen molar-refractivity contribution in [3.8, 4) is 5.75 Å². The SMILES string of the molecule is CCOc1cccc(C(O)Cc2ccn(C)n2)c1. The molecule has 18 heavy (non-hydrogen) atoms. The number of rotatable bonds is 5. The molecule has 4 nitrogen and oxygen atoms in total. The highest BCUT2D eigenvalue weighted by molar-refractivity contribution is 5.30. The second-order valence-electron chi connectivity index (χ2n) is 4.21. The summed E-state index contributed by atoms with van der Waals surface area (Å²) in [5, 5.41) is 14.4. The summed E-state index contributed by atoms with van der Waals surface area (Å²) < 4.78 is 7.15. The summed E-state index contributed by atoms with van der Waals surface area (Å²) in [6.45, 7) is 2.57. The van der Waals surface area contributed by atoms with Gasteiger partial charge in [0.2, 0.25) is 0 Å². The largest absolute Gasteiger partial charge is 0.494 e. The molecule has 0 bridgehead atoms. The lowest BCUT2D eigenvalue weighted by Gasteiger charge is -2.11. The molecule has 0 saturated carbocycles. The zero-order valence-electron chi connectivity index (χ0n) is 10.7. The molecule has 1 aromatic heterocycles. The minimum atomic E-state index is -0.555. The van der Waals surface area contributed by atoms with Gasteiger partial charge in [0.25, 0.3) is 0 Å². The molecular weight excluding hydrogens is 228 g/mol. The second kappa shape index (κ2) is 5.69. The van der Waals surface area contributed by atoms with Crippen LogP contribution < -0.4 is 4.74 Å². The van der Waals surface area contributed by atoms with E-state index in [1.807, 2.05) is 50.5 Å². The standard InChI is InChI=1S/C14H18N2O2/c1-3-18-13-6-4-5-11(9-13)14(17)10-12-7-8-16(2)15-12/h4-9,14,17H,3,10H2,1-2H3. The van der Waals surface area contributed by atoms with Crippen molar-refractivity contribution in [1.29, 1.82) is 0 Å². The Morgan fingerprint density at radius 1 is 1.39 bits per heavy atom. The molecule has 1 aromatic carbocycles. The van der Waals surface area contributed by atoms with Gasteiger partial charge in [-0.15, -0.1) is 0 Å². The predicted octanol–water partition coefficient (Wildman–Crippen LogP) is 2.09. The van der Waals surface area contributed by atoms with Crippen molar-refractivity contribution in [2.24, 2.45) is 7.05 Å². The minimum absolute atomic E-state index is 0.510. The van der Waals surface area contributed by atoms with Gasteiger partial charge in [-0.3, -0.25) is 4.68 Å². The quantitative estimate of drug-likeness (QED) is 0.878. The smallest absolute Gasteiger partial charge is 0.119 e. The predicted molar refractivity (Wildman–Crippen MR) is 69.5 cm³/mol. The molecule has 1 atom stereocenters. The van der Waals surface area contributed by atoms with Crippen LogP contribution in [0.5, 0.6) is 5.75 Å². The van der Waals surface area contributed by atoms with E-state index in [2.05, 4.69) is 5.10 Å². The molecule has 0 saturated heterocycles. The molecule has 96 valence electrons. The molecule has 0 radical (unpaired) electrons. The van der Waals surface area contributed by atoms with Gasteiger partial charge in [-0.2, -0.15) is 5.10 Å². The number of aryl methyl sites for hydroxylation is 1. The van der Waals surface area contributed by atoms with Gasteiger partial charge >= 0.3 is 0 Å². The Hall–Kier alpha value is -1.81. The van der Waals surface area contributed by atoms with Crippen molar-refractivity contribution < 1.29 is 9.84 Å². The lowest BCUT2D eigenvalue weighted by atomic mass is 10.0. The van der Waals surface area contributed by atoms with E-state index in [4.69, 9.17) is 4.74 Å². The lowest BCUT2D eigenvalue weighted by molar-refractivity contribution is 0.176. The zero-order valence-corrected chi connectivity index (χ0v) is 10.7. The van der Waals surface area contributed by atoms with Gasteiger partial charge in [-0.25, -0.2) is 0 Å². The van der Waals surface area contributed by atoms with E-state index in [9.17, 15) is 5.11 Å². The molecular formula is C14H18N2O2. The number of aromatic nitrogens is 2. The fourth-order valence-electron chi connectivity index (χ4n) is 1.87. The zero-order chi connectivity index (χ0) is 13.0. The Morgan fingerprint density at radius 3 is 2.89 bits per heavy atom. The Labute approximate surface area is 107 Å². The number of hydrogen-bond acceptors (Lipinski definition) is 3. The van der Waals surface area contributed by atoms with E-state index in [1.54, 1.807) is 4.68 Å². The molecule has 1 unspecified atom stereocenters.